The first kappa shape index (κ1) is 13.6. The monoisotopic (exact) mass is 247 g/mol. The largest absolute Gasteiger partial charge is 0.392 e. The van der Waals surface area contributed by atoms with Crippen LogP contribution in [0.25, 0.3) is 0 Å². The van der Waals surface area contributed by atoms with E-state index < -0.39 is 0 Å². The van der Waals surface area contributed by atoms with Crippen molar-refractivity contribution in [3.8, 4) is 0 Å². The summed E-state index contributed by atoms with van der Waals surface area (Å²) in [5.74, 6) is 0. The summed E-state index contributed by atoms with van der Waals surface area (Å²) in [5.41, 5.74) is 8.73. The van der Waals surface area contributed by atoms with Gasteiger partial charge < -0.3 is 10.8 Å². The number of hydrogen-bond acceptors (Lipinski definition) is 2. The van der Waals surface area contributed by atoms with Crippen LogP contribution in [0.15, 0.2) is 24.3 Å². The molecule has 0 aromatic heterocycles. The lowest BCUT2D eigenvalue weighted by molar-refractivity contribution is 0.0119. The van der Waals surface area contributed by atoms with E-state index in [0.717, 1.165) is 38.5 Å². The van der Waals surface area contributed by atoms with Gasteiger partial charge in [-0.05, 0) is 36.8 Å². The average molecular weight is 247 g/mol. The van der Waals surface area contributed by atoms with Gasteiger partial charge in [0.15, 0.2) is 0 Å². The highest BCUT2D eigenvalue weighted by Crippen LogP contribution is 2.39. The van der Waals surface area contributed by atoms with Crippen molar-refractivity contribution in [3.05, 3.63) is 35.4 Å². The maximum absolute atomic E-state index is 10.5. The first-order chi connectivity index (χ1) is 8.72. The Balaban J connectivity index is 2.15. The summed E-state index contributed by atoms with van der Waals surface area (Å²) >= 11 is 0. The van der Waals surface area contributed by atoms with Gasteiger partial charge in [-0.15, -0.1) is 0 Å². The van der Waals surface area contributed by atoms with Crippen molar-refractivity contribution in [1.29, 1.82) is 0 Å². The number of aliphatic hydroxyl groups is 1. The second-order valence-corrected chi connectivity index (χ2v) is 5.67. The summed E-state index contributed by atoms with van der Waals surface area (Å²) in [7, 11) is 0. The van der Waals surface area contributed by atoms with Crippen LogP contribution in [0.1, 0.15) is 43.7 Å². The van der Waals surface area contributed by atoms with E-state index in [0.29, 0.717) is 6.54 Å². The van der Waals surface area contributed by atoms with E-state index in [1.165, 1.54) is 11.1 Å². The third kappa shape index (κ3) is 2.60. The van der Waals surface area contributed by atoms with Crippen molar-refractivity contribution in [2.24, 2.45) is 11.1 Å². The Morgan fingerprint density at radius 1 is 1.33 bits per heavy atom. The number of fused-ring (bicyclic) bond motifs is 1. The minimum absolute atomic E-state index is 0.0937. The third-order valence-corrected chi connectivity index (χ3v) is 4.50. The third-order valence-electron chi connectivity index (χ3n) is 4.50. The standard InChI is InChI=1S/C16H25NO/c1-2-3-8-15(18)16(12-17)10-9-13-6-4-5-7-14(13)11-16/h4-7,15,18H,2-3,8-12,17H2,1H3. The van der Waals surface area contributed by atoms with E-state index in [1.54, 1.807) is 0 Å². The summed E-state index contributed by atoms with van der Waals surface area (Å²) in [5, 5.41) is 10.5. The Morgan fingerprint density at radius 3 is 2.72 bits per heavy atom. The lowest BCUT2D eigenvalue weighted by Crippen LogP contribution is -2.46. The molecule has 2 nitrogen and oxygen atoms in total. The smallest absolute Gasteiger partial charge is 0.0611 e. The number of aryl methyl sites for hydroxylation is 1. The normalized spacial score (nSPS) is 24.6. The van der Waals surface area contributed by atoms with Gasteiger partial charge in [-0.25, -0.2) is 0 Å². The van der Waals surface area contributed by atoms with Gasteiger partial charge in [-0.1, -0.05) is 44.0 Å². The Labute approximate surface area is 110 Å². The molecule has 1 aliphatic carbocycles. The minimum atomic E-state index is -0.254. The molecule has 0 saturated heterocycles. The van der Waals surface area contributed by atoms with Crippen LogP contribution in [0.5, 0.6) is 0 Å². The van der Waals surface area contributed by atoms with Gasteiger partial charge in [0.2, 0.25) is 0 Å². The second kappa shape index (κ2) is 5.85. The highest BCUT2D eigenvalue weighted by atomic mass is 16.3. The van der Waals surface area contributed by atoms with E-state index in [-0.39, 0.29) is 11.5 Å². The molecule has 1 aliphatic rings. The maximum Gasteiger partial charge on any atom is 0.0611 e. The molecule has 0 heterocycles. The first-order valence-corrected chi connectivity index (χ1v) is 7.17. The van der Waals surface area contributed by atoms with Crippen LogP contribution in [0.3, 0.4) is 0 Å². The van der Waals surface area contributed by atoms with E-state index in [1.807, 2.05) is 0 Å². The molecule has 0 radical (unpaired) electrons. The van der Waals surface area contributed by atoms with E-state index in [2.05, 4.69) is 31.2 Å². The molecular weight excluding hydrogens is 222 g/mol. The molecule has 2 rings (SSSR count). The van der Waals surface area contributed by atoms with Crippen LogP contribution in [0.2, 0.25) is 0 Å². The highest BCUT2D eigenvalue weighted by molar-refractivity contribution is 5.31. The lowest BCUT2D eigenvalue weighted by atomic mass is 9.67. The van der Waals surface area contributed by atoms with Gasteiger partial charge in [0.25, 0.3) is 0 Å². The molecule has 100 valence electrons. The topological polar surface area (TPSA) is 46.2 Å². The number of nitrogens with two attached hydrogens (primary N) is 1. The summed E-state index contributed by atoms with van der Waals surface area (Å²) < 4.78 is 0. The predicted octanol–water partition coefficient (Wildman–Crippen LogP) is 2.67. The van der Waals surface area contributed by atoms with Crippen LogP contribution >= 0.6 is 0 Å². The molecule has 0 amide bonds. The molecule has 3 N–H and O–H groups in total. The number of rotatable bonds is 5. The SMILES string of the molecule is CCCCC(O)C1(CN)CCc2ccccc2C1. The van der Waals surface area contributed by atoms with Gasteiger partial charge in [0, 0.05) is 12.0 Å². The van der Waals surface area contributed by atoms with Crippen molar-refractivity contribution in [2.45, 2.75) is 51.6 Å². The molecule has 2 heteroatoms. The zero-order valence-corrected chi connectivity index (χ0v) is 11.4. The quantitative estimate of drug-likeness (QED) is 0.840. The molecule has 18 heavy (non-hydrogen) atoms. The summed E-state index contributed by atoms with van der Waals surface area (Å²) in [6.45, 7) is 2.75. The van der Waals surface area contributed by atoms with Gasteiger partial charge in [-0.2, -0.15) is 0 Å². The summed E-state index contributed by atoms with van der Waals surface area (Å²) in [6, 6.07) is 8.57. The number of aliphatic hydroxyl groups excluding tert-OH is 1. The van der Waals surface area contributed by atoms with E-state index >= 15 is 0 Å². The van der Waals surface area contributed by atoms with Crippen LogP contribution in [-0.4, -0.2) is 17.8 Å². The number of benzene rings is 1. The molecule has 1 aromatic carbocycles. The van der Waals surface area contributed by atoms with Crippen molar-refractivity contribution in [3.63, 3.8) is 0 Å². The molecular formula is C16H25NO. The van der Waals surface area contributed by atoms with Crippen molar-refractivity contribution < 1.29 is 5.11 Å². The van der Waals surface area contributed by atoms with Crippen molar-refractivity contribution in [2.75, 3.05) is 6.54 Å². The molecule has 0 spiro atoms. The Bertz CT molecular complexity index is 390. The molecule has 1 aromatic rings. The summed E-state index contributed by atoms with van der Waals surface area (Å²) in [6.07, 6.45) is 5.86. The minimum Gasteiger partial charge on any atom is -0.392 e. The molecule has 0 bridgehead atoms. The zero-order chi connectivity index (χ0) is 13.0. The van der Waals surface area contributed by atoms with Crippen LogP contribution < -0.4 is 5.73 Å². The Hall–Kier alpha value is -0.860. The average Bonchev–Trinajstić information content (AvgIpc) is 2.44. The predicted molar refractivity (Wildman–Crippen MR) is 75.5 cm³/mol. The molecule has 2 atom stereocenters. The van der Waals surface area contributed by atoms with Crippen LogP contribution in [0, 0.1) is 5.41 Å². The fraction of sp³-hybridized carbons (Fsp3) is 0.625. The van der Waals surface area contributed by atoms with E-state index in [4.69, 9.17) is 5.73 Å². The molecule has 0 fully saturated rings. The van der Waals surface area contributed by atoms with Gasteiger partial charge in [0.1, 0.15) is 0 Å². The second-order valence-electron chi connectivity index (χ2n) is 5.67. The molecule has 2 unspecified atom stereocenters. The lowest BCUT2D eigenvalue weighted by Gasteiger charge is -2.41. The zero-order valence-electron chi connectivity index (χ0n) is 11.4. The maximum atomic E-state index is 10.5. The fourth-order valence-corrected chi connectivity index (χ4v) is 3.12. The van der Waals surface area contributed by atoms with Gasteiger partial charge in [0.05, 0.1) is 6.10 Å². The Morgan fingerprint density at radius 2 is 2.06 bits per heavy atom. The fourth-order valence-electron chi connectivity index (χ4n) is 3.12. The van der Waals surface area contributed by atoms with E-state index in [9.17, 15) is 5.11 Å². The van der Waals surface area contributed by atoms with Crippen molar-refractivity contribution in [1.82, 2.24) is 0 Å². The summed E-state index contributed by atoms with van der Waals surface area (Å²) in [4.78, 5) is 0. The highest BCUT2D eigenvalue weighted by Gasteiger charge is 2.39. The van der Waals surface area contributed by atoms with Gasteiger partial charge in [-0.3, -0.25) is 0 Å². The molecule has 0 saturated carbocycles. The van der Waals surface area contributed by atoms with Crippen LogP contribution in [0.4, 0.5) is 0 Å². The van der Waals surface area contributed by atoms with Crippen molar-refractivity contribution >= 4 is 0 Å². The Kier molecular flexibility index (Phi) is 4.41. The number of unbranched alkanes of at least 4 members (excludes halogenated alkanes) is 1. The molecule has 0 aliphatic heterocycles. The van der Waals surface area contributed by atoms with Gasteiger partial charge >= 0.3 is 0 Å². The van der Waals surface area contributed by atoms with Crippen LogP contribution in [-0.2, 0) is 12.8 Å². The first-order valence-electron chi connectivity index (χ1n) is 7.17. The number of hydrogen-bond donors (Lipinski definition) is 2.